The molecule has 0 aliphatic carbocycles. The average molecular weight is 343 g/mol. The molecule has 0 amide bonds. The molecule has 2 atom stereocenters. The number of carboxylic acids is 1. The molecule has 0 saturated carbocycles. The number of carboxylic acid groups (broad SMARTS) is 1. The van der Waals surface area contributed by atoms with Gasteiger partial charge in [-0.05, 0) is 41.8 Å². The minimum atomic E-state index is -0.902. The summed E-state index contributed by atoms with van der Waals surface area (Å²) in [5.74, 6) is 0.442. The summed E-state index contributed by atoms with van der Waals surface area (Å²) in [5, 5.41) is 22.2. The molecule has 0 fully saturated rings. The Morgan fingerprint density at radius 1 is 1.16 bits per heavy atom. The molecule has 6 heteroatoms. The molecule has 0 radical (unpaired) electrons. The average Bonchev–Trinajstić information content (AvgIpc) is 3.07. The van der Waals surface area contributed by atoms with Crippen LogP contribution in [0, 0.1) is 0 Å². The first-order valence-electron chi connectivity index (χ1n) is 8.22. The molecule has 2 aromatic carbocycles. The lowest BCUT2D eigenvalue weighted by Gasteiger charge is -2.24. The summed E-state index contributed by atoms with van der Waals surface area (Å²) < 4.78 is 10.6. The first-order chi connectivity index (χ1) is 12.1. The van der Waals surface area contributed by atoms with Crippen molar-refractivity contribution in [1.82, 2.24) is 5.32 Å². The van der Waals surface area contributed by atoms with Crippen LogP contribution in [0.3, 0.4) is 0 Å². The molecule has 0 bridgehead atoms. The monoisotopic (exact) mass is 343 g/mol. The van der Waals surface area contributed by atoms with Crippen molar-refractivity contribution in [1.29, 1.82) is 0 Å². The lowest BCUT2D eigenvalue weighted by molar-refractivity contribution is -0.140. The molecule has 25 heavy (non-hydrogen) atoms. The maximum absolute atomic E-state index is 11.8. The zero-order valence-electron chi connectivity index (χ0n) is 13.9. The number of rotatable bonds is 7. The zero-order valence-corrected chi connectivity index (χ0v) is 13.9. The second-order valence-corrected chi connectivity index (χ2v) is 5.99. The van der Waals surface area contributed by atoms with E-state index in [1.807, 2.05) is 25.1 Å². The van der Waals surface area contributed by atoms with E-state index in [0.29, 0.717) is 24.5 Å². The Hall–Kier alpha value is -2.73. The molecule has 0 spiro atoms. The first-order valence-corrected chi connectivity index (χ1v) is 8.22. The fourth-order valence-corrected chi connectivity index (χ4v) is 3.07. The van der Waals surface area contributed by atoms with Crippen LogP contribution in [0.5, 0.6) is 17.2 Å². The number of phenols is 1. The van der Waals surface area contributed by atoms with Gasteiger partial charge in [0.1, 0.15) is 11.8 Å². The van der Waals surface area contributed by atoms with Gasteiger partial charge in [0.15, 0.2) is 11.5 Å². The number of ether oxygens (including phenoxy) is 2. The highest BCUT2D eigenvalue weighted by atomic mass is 16.7. The summed E-state index contributed by atoms with van der Waals surface area (Å²) in [6, 6.07) is 11.5. The van der Waals surface area contributed by atoms with Crippen LogP contribution in [-0.4, -0.2) is 29.0 Å². The molecule has 0 saturated heterocycles. The van der Waals surface area contributed by atoms with Crippen LogP contribution in [0.2, 0.25) is 0 Å². The van der Waals surface area contributed by atoms with Crippen molar-refractivity contribution in [3.8, 4) is 17.2 Å². The number of hydrogen-bond acceptors (Lipinski definition) is 5. The Morgan fingerprint density at radius 2 is 1.88 bits per heavy atom. The molecule has 1 aliphatic heterocycles. The number of carbonyl (C=O) groups is 1. The van der Waals surface area contributed by atoms with Gasteiger partial charge in [0.05, 0.1) is 0 Å². The highest BCUT2D eigenvalue weighted by Crippen LogP contribution is 2.32. The van der Waals surface area contributed by atoms with Gasteiger partial charge in [-0.1, -0.05) is 25.1 Å². The molecule has 1 heterocycles. The second-order valence-electron chi connectivity index (χ2n) is 5.99. The van der Waals surface area contributed by atoms with Gasteiger partial charge in [0.25, 0.3) is 0 Å². The number of hydrogen-bond donors (Lipinski definition) is 3. The van der Waals surface area contributed by atoms with Crippen molar-refractivity contribution < 1.29 is 24.5 Å². The number of phenolic OH excluding ortho intramolecular Hbond substituents is 1. The Kier molecular flexibility index (Phi) is 5.09. The van der Waals surface area contributed by atoms with Crippen molar-refractivity contribution in [3.05, 3.63) is 53.6 Å². The Balaban J connectivity index is 1.74. The van der Waals surface area contributed by atoms with Crippen LogP contribution in [0.15, 0.2) is 42.5 Å². The van der Waals surface area contributed by atoms with Crippen molar-refractivity contribution in [2.45, 2.75) is 31.8 Å². The molecule has 3 N–H and O–H groups in total. The minimum absolute atomic E-state index is 0.166. The van der Waals surface area contributed by atoms with Gasteiger partial charge in [0, 0.05) is 12.5 Å². The summed E-state index contributed by atoms with van der Waals surface area (Å²) >= 11 is 0. The van der Waals surface area contributed by atoms with Crippen molar-refractivity contribution in [2.75, 3.05) is 6.79 Å². The predicted octanol–water partition coefficient (Wildman–Crippen LogP) is 2.86. The molecule has 1 aliphatic rings. The third-order valence-corrected chi connectivity index (χ3v) is 4.39. The summed E-state index contributed by atoms with van der Waals surface area (Å²) in [7, 11) is 0. The Labute approximate surface area is 146 Å². The van der Waals surface area contributed by atoms with Gasteiger partial charge in [-0.15, -0.1) is 0 Å². The molecule has 3 rings (SSSR count). The molecule has 0 aromatic heterocycles. The standard InChI is InChI=1S/C19H21NO5/c1-2-15(13-4-6-14(21)7-5-13)18(19(22)23)20-10-12-3-8-16-17(9-12)25-11-24-16/h3-9,15,18,20-21H,2,10-11H2,1H3,(H,22,23). The van der Waals surface area contributed by atoms with Crippen molar-refractivity contribution in [3.63, 3.8) is 0 Å². The van der Waals surface area contributed by atoms with Gasteiger partial charge in [-0.3, -0.25) is 10.1 Å². The SMILES string of the molecule is CCC(c1ccc(O)cc1)C(NCc1ccc2c(c1)OCO2)C(=O)O. The Bertz CT molecular complexity index is 744. The van der Waals surface area contributed by atoms with Crippen LogP contribution in [-0.2, 0) is 11.3 Å². The smallest absolute Gasteiger partial charge is 0.321 e. The fraction of sp³-hybridized carbons (Fsp3) is 0.316. The number of aromatic hydroxyl groups is 1. The lowest BCUT2D eigenvalue weighted by atomic mass is 9.89. The van der Waals surface area contributed by atoms with Crippen LogP contribution >= 0.6 is 0 Å². The zero-order chi connectivity index (χ0) is 17.8. The predicted molar refractivity (Wildman–Crippen MR) is 92.0 cm³/mol. The van der Waals surface area contributed by atoms with Gasteiger partial charge < -0.3 is 19.7 Å². The summed E-state index contributed by atoms with van der Waals surface area (Å²) in [6.45, 7) is 2.57. The summed E-state index contributed by atoms with van der Waals surface area (Å²) in [6.07, 6.45) is 0.663. The van der Waals surface area contributed by atoms with E-state index in [9.17, 15) is 15.0 Å². The molecule has 6 nitrogen and oxygen atoms in total. The molecule has 132 valence electrons. The van der Waals surface area contributed by atoms with E-state index in [2.05, 4.69) is 5.32 Å². The summed E-state index contributed by atoms with van der Waals surface area (Å²) in [4.78, 5) is 11.8. The highest BCUT2D eigenvalue weighted by molar-refractivity contribution is 5.75. The quantitative estimate of drug-likeness (QED) is 0.716. The van der Waals surface area contributed by atoms with Crippen molar-refractivity contribution in [2.24, 2.45) is 0 Å². The highest BCUT2D eigenvalue weighted by Gasteiger charge is 2.28. The van der Waals surface area contributed by atoms with Gasteiger partial charge in [-0.2, -0.15) is 0 Å². The normalized spacial score (nSPS) is 14.9. The largest absolute Gasteiger partial charge is 0.508 e. The van der Waals surface area contributed by atoms with Crippen LogP contribution in [0.25, 0.3) is 0 Å². The number of benzene rings is 2. The maximum atomic E-state index is 11.8. The van der Waals surface area contributed by atoms with E-state index in [4.69, 9.17) is 9.47 Å². The number of nitrogens with one attached hydrogen (secondary N) is 1. The van der Waals surface area contributed by atoms with Gasteiger partial charge in [-0.25, -0.2) is 0 Å². The molecule has 2 unspecified atom stereocenters. The number of aliphatic carboxylic acids is 1. The first kappa shape index (κ1) is 17.1. The molecular formula is C19H21NO5. The minimum Gasteiger partial charge on any atom is -0.508 e. The second kappa shape index (κ2) is 7.44. The van der Waals surface area contributed by atoms with Crippen LogP contribution in [0.4, 0.5) is 0 Å². The number of fused-ring (bicyclic) bond motifs is 1. The van der Waals surface area contributed by atoms with E-state index in [1.165, 1.54) is 0 Å². The molecule has 2 aromatic rings. The van der Waals surface area contributed by atoms with E-state index in [-0.39, 0.29) is 18.5 Å². The fourth-order valence-electron chi connectivity index (χ4n) is 3.07. The molecular weight excluding hydrogens is 322 g/mol. The van der Waals surface area contributed by atoms with Crippen molar-refractivity contribution >= 4 is 5.97 Å². The van der Waals surface area contributed by atoms with Gasteiger partial charge in [0.2, 0.25) is 6.79 Å². The third kappa shape index (κ3) is 3.85. The van der Waals surface area contributed by atoms with Gasteiger partial charge >= 0.3 is 5.97 Å². The van der Waals surface area contributed by atoms with E-state index in [0.717, 1.165) is 11.1 Å². The third-order valence-electron chi connectivity index (χ3n) is 4.39. The lowest BCUT2D eigenvalue weighted by Crippen LogP contribution is -2.41. The van der Waals surface area contributed by atoms with Crippen LogP contribution < -0.4 is 14.8 Å². The van der Waals surface area contributed by atoms with E-state index < -0.39 is 12.0 Å². The topological polar surface area (TPSA) is 88.0 Å². The Morgan fingerprint density at radius 3 is 2.56 bits per heavy atom. The van der Waals surface area contributed by atoms with E-state index >= 15 is 0 Å². The van der Waals surface area contributed by atoms with E-state index in [1.54, 1.807) is 24.3 Å². The van der Waals surface area contributed by atoms with Crippen LogP contribution in [0.1, 0.15) is 30.4 Å². The summed E-state index contributed by atoms with van der Waals surface area (Å²) in [5.41, 5.74) is 1.81. The maximum Gasteiger partial charge on any atom is 0.321 e.